The van der Waals surface area contributed by atoms with Gasteiger partial charge in [0.15, 0.2) is 0 Å². The van der Waals surface area contributed by atoms with Crippen molar-refractivity contribution in [3.05, 3.63) is 0 Å². The smallest absolute Gasteiger partial charge is 0.129 e. The maximum Gasteiger partial charge on any atom is 0.129 e. The van der Waals surface area contributed by atoms with E-state index in [2.05, 4.69) is 0 Å². The number of aliphatic hydroxyl groups excluding tert-OH is 1. The summed E-state index contributed by atoms with van der Waals surface area (Å²) < 4.78 is 9.84. The molecule has 1 N–H and O–H groups in total. The number of hydrogen-bond donors (Lipinski definition) is 1. The lowest BCUT2D eigenvalue weighted by Gasteiger charge is -2.09. The Balaban J connectivity index is 3.19. The van der Waals surface area contributed by atoms with Gasteiger partial charge in [-0.1, -0.05) is 0 Å². The van der Waals surface area contributed by atoms with Crippen LogP contribution in [0.3, 0.4) is 0 Å². The Labute approximate surface area is 78.8 Å². The standard InChI is InChI=1S/C9H18O4/c1-8(10)3-4-9(11)7-13-6-5-12-2/h9,11H,3-7H2,1-2H3. The van der Waals surface area contributed by atoms with Gasteiger partial charge in [0.1, 0.15) is 5.78 Å². The molecule has 0 spiro atoms. The maximum atomic E-state index is 10.6. The Bertz CT molecular complexity index is 136. The van der Waals surface area contributed by atoms with Crippen molar-refractivity contribution in [2.45, 2.75) is 25.9 Å². The Kier molecular flexibility index (Phi) is 7.88. The van der Waals surface area contributed by atoms with Crippen molar-refractivity contribution >= 4 is 5.78 Å². The average molecular weight is 190 g/mol. The molecule has 13 heavy (non-hydrogen) atoms. The van der Waals surface area contributed by atoms with Crippen LogP contribution in [0.4, 0.5) is 0 Å². The van der Waals surface area contributed by atoms with E-state index in [-0.39, 0.29) is 12.4 Å². The highest BCUT2D eigenvalue weighted by atomic mass is 16.5. The van der Waals surface area contributed by atoms with Crippen molar-refractivity contribution in [1.29, 1.82) is 0 Å². The number of aliphatic hydroxyl groups is 1. The molecular formula is C9H18O4. The highest BCUT2D eigenvalue weighted by Gasteiger charge is 2.05. The number of Topliss-reactive ketones (excluding diaryl/α,β-unsaturated/α-hetero) is 1. The Morgan fingerprint density at radius 1 is 1.46 bits per heavy atom. The van der Waals surface area contributed by atoms with Crippen molar-refractivity contribution < 1.29 is 19.4 Å². The van der Waals surface area contributed by atoms with Gasteiger partial charge in [-0.05, 0) is 13.3 Å². The van der Waals surface area contributed by atoms with Gasteiger partial charge in [0, 0.05) is 13.5 Å². The van der Waals surface area contributed by atoms with Crippen LogP contribution in [0.2, 0.25) is 0 Å². The SMILES string of the molecule is COCCOCC(O)CCC(C)=O. The lowest BCUT2D eigenvalue weighted by molar-refractivity contribution is -0.117. The molecule has 0 saturated carbocycles. The molecule has 1 unspecified atom stereocenters. The van der Waals surface area contributed by atoms with Gasteiger partial charge in [0.05, 0.1) is 25.9 Å². The number of hydrogen-bond acceptors (Lipinski definition) is 4. The molecule has 0 aliphatic carbocycles. The molecule has 1 atom stereocenters. The number of ketones is 1. The fraction of sp³-hybridized carbons (Fsp3) is 0.889. The van der Waals surface area contributed by atoms with Crippen LogP contribution in [0.5, 0.6) is 0 Å². The highest BCUT2D eigenvalue weighted by Crippen LogP contribution is 1.98. The van der Waals surface area contributed by atoms with E-state index in [9.17, 15) is 9.90 Å². The zero-order valence-corrected chi connectivity index (χ0v) is 8.28. The van der Waals surface area contributed by atoms with Gasteiger partial charge in [0.25, 0.3) is 0 Å². The van der Waals surface area contributed by atoms with Crippen molar-refractivity contribution in [3.63, 3.8) is 0 Å². The van der Waals surface area contributed by atoms with Crippen LogP contribution in [0, 0.1) is 0 Å². The Morgan fingerprint density at radius 3 is 2.69 bits per heavy atom. The highest BCUT2D eigenvalue weighted by molar-refractivity contribution is 5.75. The van der Waals surface area contributed by atoms with Crippen LogP contribution in [0.1, 0.15) is 19.8 Å². The molecule has 0 aromatic rings. The molecule has 78 valence electrons. The average Bonchev–Trinajstić information content (AvgIpc) is 2.09. The van der Waals surface area contributed by atoms with E-state index in [0.29, 0.717) is 26.1 Å². The van der Waals surface area contributed by atoms with E-state index in [1.165, 1.54) is 6.92 Å². The molecule has 0 aromatic heterocycles. The van der Waals surface area contributed by atoms with Gasteiger partial charge in [-0.25, -0.2) is 0 Å². The summed E-state index contributed by atoms with van der Waals surface area (Å²) in [6, 6.07) is 0. The molecule has 0 rings (SSSR count). The van der Waals surface area contributed by atoms with Crippen LogP contribution in [-0.4, -0.2) is 43.9 Å². The minimum atomic E-state index is -0.541. The second kappa shape index (κ2) is 8.16. The zero-order chi connectivity index (χ0) is 10.1. The minimum Gasteiger partial charge on any atom is -0.391 e. The zero-order valence-electron chi connectivity index (χ0n) is 8.28. The summed E-state index contributed by atoms with van der Waals surface area (Å²) >= 11 is 0. The number of rotatable bonds is 8. The van der Waals surface area contributed by atoms with Crippen LogP contribution >= 0.6 is 0 Å². The lowest BCUT2D eigenvalue weighted by atomic mass is 10.1. The molecule has 0 radical (unpaired) electrons. The molecule has 0 bridgehead atoms. The number of ether oxygens (including phenoxy) is 2. The second-order valence-corrected chi connectivity index (χ2v) is 2.96. The molecule has 0 saturated heterocycles. The molecule has 0 aliphatic heterocycles. The molecule has 4 nitrogen and oxygen atoms in total. The first-order valence-electron chi connectivity index (χ1n) is 4.41. The van der Waals surface area contributed by atoms with Crippen LogP contribution in [0.25, 0.3) is 0 Å². The minimum absolute atomic E-state index is 0.0935. The quantitative estimate of drug-likeness (QED) is 0.562. The van der Waals surface area contributed by atoms with Gasteiger partial charge < -0.3 is 19.4 Å². The molecular weight excluding hydrogens is 172 g/mol. The monoisotopic (exact) mass is 190 g/mol. The molecule has 0 heterocycles. The normalized spacial score (nSPS) is 12.8. The van der Waals surface area contributed by atoms with Crippen LogP contribution < -0.4 is 0 Å². The predicted molar refractivity (Wildman–Crippen MR) is 48.6 cm³/mol. The van der Waals surface area contributed by atoms with E-state index < -0.39 is 6.10 Å². The van der Waals surface area contributed by atoms with E-state index in [1.807, 2.05) is 0 Å². The summed E-state index contributed by atoms with van der Waals surface area (Å²) in [5.41, 5.74) is 0. The largest absolute Gasteiger partial charge is 0.391 e. The number of carbonyl (C=O) groups excluding carboxylic acids is 1. The summed E-state index contributed by atoms with van der Waals surface area (Å²) in [6.45, 7) is 2.79. The van der Waals surface area contributed by atoms with Crippen molar-refractivity contribution in [1.82, 2.24) is 0 Å². The van der Waals surface area contributed by atoms with Gasteiger partial charge in [-0.15, -0.1) is 0 Å². The summed E-state index contributed by atoms with van der Waals surface area (Å²) in [7, 11) is 1.59. The predicted octanol–water partition coefficient (Wildman–Crippen LogP) is 0.380. The van der Waals surface area contributed by atoms with Gasteiger partial charge >= 0.3 is 0 Å². The summed E-state index contributed by atoms with van der Waals surface area (Å²) in [6.07, 6.45) is 0.345. The first-order valence-corrected chi connectivity index (χ1v) is 4.41. The topological polar surface area (TPSA) is 55.8 Å². The van der Waals surface area contributed by atoms with Gasteiger partial charge in [-0.2, -0.15) is 0 Å². The van der Waals surface area contributed by atoms with E-state index in [0.717, 1.165) is 0 Å². The van der Waals surface area contributed by atoms with Crippen molar-refractivity contribution in [2.75, 3.05) is 26.9 Å². The van der Waals surface area contributed by atoms with Gasteiger partial charge in [-0.3, -0.25) is 0 Å². The fourth-order valence-corrected chi connectivity index (χ4v) is 0.815. The molecule has 0 fully saturated rings. The third kappa shape index (κ3) is 9.46. The first-order chi connectivity index (χ1) is 6.16. The van der Waals surface area contributed by atoms with Crippen molar-refractivity contribution in [3.8, 4) is 0 Å². The molecule has 0 aliphatic rings. The van der Waals surface area contributed by atoms with Gasteiger partial charge in [0.2, 0.25) is 0 Å². The maximum absolute atomic E-state index is 10.6. The third-order valence-electron chi connectivity index (χ3n) is 1.57. The third-order valence-corrected chi connectivity index (χ3v) is 1.57. The molecule has 4 heteroatoms. The lowest BCUT2D eigenvalue weighted by Crippen LogP contribution is -2.17. The Morgan fingerprint density at radius 2 is 2.15 bits per heavy atom. The van der Waals surface area contributed by atoms with E-state index in [4.69, 9.17) is 9.47 Å². The summed E-state index contributed by atoms with van der Waals surface area (Å²) in [4.78, 5) is 10.6. The molecule has 0 amide bonds. The Hall–Kier alpha value is -0.450. The number of carbonyl (C=O) groups is 1. The summed E-state index contributed by atoms with van der Waals surface area (Å²) in [5.74, 6) is 0.0935. The van der Waals surface area contributed by atoms with Crippen LogP contribution in [-0.2, 0) is 14.3 Å². The first kappa shape index (κ1) is 12.6. The fourth-order valence-electron chi connectivity index (χ4n) is 0.815. The van der Waals surface area contributed by atoms with Crippen molar-refractivity contribution in [2.24, 2.45) is 0 Å². The number of methoxy groups -OCH3 is 1. The van der Waals surface area contributed by atoms with E-state index in [1.54, 1.807) is 7.11 Å². The summed E-state index contributed by atoms with van der Waals surface area (Å²) in [5, 5.41) is 9.28. The second-order valence-electron chi connectivity index (χ2n) is 2.96. The molecule has 0 aromatic carbocycles. The van der Waals surface area contributed by atoms with E-state index >= 15 is 0 Å². The van der Waals surface area contributed by atoms with Crippen LogP contribution in [0.15, 0.2) is 0 Å².